The Kier molecular flexibility index (Phi) is 6.08. The summed E-state index contributed by atoms with van der Waals surface area (Å²) in [7, 11) is 0. The van der Waals surface area contributed by atoms with Crippen LogP contribution in [0.2, 0.25) is 0 Å². The van der Waals surface area contributed by atoms with Crippen LogP contribution in [0, 0.1) is 11.8 Å². The Labute approximate surface area is 85.6 Å². The molecule has 1 aliphatic heterocycles. The third kappa shape index (κ3) is 3.53. The summed E-state index contributed by atoms with van der Waals surface area (Å²) in [5.41, 5.74) is 0. The zero-order chi connectivity index (χ0) is 8.97. The number of piperidine rings is 1. The zero-order valence-corrected chi connectivity index (χ0v) is 9.02. The van der Waals surface area contributed by atoms with E-state index in [1.807, 2.05) is 6.92 Å². The van der Waals surface area contributed by atoms with E-state index in [-0.39, 0.29) is 24.3 Å². The van der Waals surface area contributed by atoms with E-state index in [1.54, 1.807) is 0 Å². The van der Waals surface area contributed by atoms with Crippen LogP contribution in [-0.4, -0.2) is 25.7 Å². The molecule has 13 heavy (non-hydrogen) atoms. The third-order valence-electron chi connectivity index (χ3n) is 2.37. The van der Waals surface area contributed by atoms with E-state index in [0.29, 0.717) is 12.5 Å². The van der Waals surface area contributed by atoms with Crippen molar-refractivity contribution < 1.29 is 9.53 Å². The second kappa shape index (κ2) is 6.22. The number of carbonyl (C=O) groups excluding carboxylic acids is 1. The molecule has 0 amide bonds. The van der Waals surface area contributed by atoms with Gasteiger partial charge in [0.1, 0.15) is 0 Å². The largest absolute Gasteiger partial charge is 0.466 e. The molecule has 1 fully saturated rings. The standard InChI is InChI=1S/C9H17NO2.ClH/c1-3-12-9(11)8-4-5-10-6-7(8)2;/h7-8,10H,3-6H2,1-2H3;1H/t7-,8+;/m0./s1. The summed E-state index contributed by atoms with van der Waals surface area (Å²) in [6.45, 7) is 6.31. The number of rotatable bonds is 2. The summed E-state index contributed by atoms with van der Waals surface area (Å²) in [6.07, 6.45) is 0.917. The molecular formula is C9H18ClNO2. The number of ether oxygens (including phenoxy) is 1. The van der Waals surface area contributed by atoms with Crippen molar-refractivity contribution in [3.8, 4) is 0 Å². The Morgan fingerprint density at radius 2 is 2.31 bits per heavy atom. The van der Waals surface area contributed by atoms with Gasteiger partial charge in [-0.3, -0.25) is 4.79 Å². The van der Waals surface area contributed by atoms with Gasteiger partial charge in [-0.25, -0.2) is 0 Å². The number of hydrogen-bond acceptors (Lipinski definition) is 3. The van der Waals surface area contributed by atoms with Gasteiger partial charge in [0.2, 0.25) is 0 Å². The van der Waals surface area contributed by atoms with E-state index in [9.17, 15) is 4.79 Å². The highest BCUT2D eigenvalue weighted by Crippen LogP contribution is 2.19. The SMILES string of the molecule is CCOC(=O)[C@@H]1CCNC[C@@H]1C.Cl. The minimum absolute atomic E-state index is 0. The van der Waals surface area contributed by atoms with E-state index >= 15 is 0 Å². The van der Waals surface area contributed by atoms with Gasteiger partial charge in [0.05, 0.1) is 12.5 Å². The van der Waals surface area contributed by atoms with Gasteiger partial charge in [-0.2, -0.15) is 0 Å². The van der Waals surface area contributed by atoms with Crippen molar-refractivity contribution in [2.75, 3.05) is 19.7 Å². The molecule has 0 bridgehead atoms. The molecule has 0 aliphatic carbocycles. The smallest absolute Gasteiger partial charge is 0.309 e. The summed E-state index contributed by atoms with van der Waals surface area (Å²) in [5, 5.41) is 3.25. The first-order valence-electron chi connectivity index (χ1n) is 4.63. The first kappa shape index (κ1) is 12.7. The number of hydrogen-bond donors (Lipinski definition) is 1. The molecule has 4 heteroatoms. The van der Waals surface area contributed by atoms with Crippen molar-refractivity contribution in [1.82, 2.24) is 5.32 Å². The molecule has 1 N–H and O–H groups in total. The van der Waals surface area contributed by atoms with Crippen molar-refractivity contribution in [3.05, 3.63) is 0 Å². The molecule has 0 unspecified atom stereocenters. The van der Waals surface area contributed by atoms with Gasteiger partial charge in [0.25, 0.3) is 0 Å². The molecule has 1 heterocycles. The highest BCUT2D eigenvalue weighted by molar-refractivity contribution is 5.85. The maximum Gasteiger partial charge on any atom is 0.309 e. The first-order valence-corrected chi connectivity index (χ1v) is 4.63. The first-order chi connectivity index (χ1) is 5.75. The van der Waals surface area contributed by atoms with E-state index in [1.165, 1.54) is 0 Å². The Morgan fingerprint density at radius 3 is 2.85 bits per heavy atom. The van der Waals surface area contributed by atoms with E-state index in [0.717, 1.165) is 19.5 Å². The van der Waals surface area contributed by atoms with Crippen molar-refractivity contribution in [3.63, 3.8) is 0 Å². The average molecular weight is 208 g/mol. The fraction of sp³-hybridized carbons (Fsp3) is 0.889. The molecule has 0 radical (unpaired) electrons. The molecule has 0 saturated carbocycles. The van der Waals surface area contributed by atoms with Crippen LogP contribution in [0.3, 0.4) is 0 Å². The Bertz CT molecular complexity index is 164. The van der Waals surface area contributed by atoms with Gasteiger partial charge in [-0.15, -0.1) is 12.4 Å². The molecule has 0 aromatic carbocycles. The van der Waals surface area contributed by atoms with Crippen LogP contribution in [0.5, 0.6) is 0 Å². The quantitative estimate of drug-likeness (QED) is 0.692. The van der Waals surface area contributed by atoms with Gasteiger partial charge >= 0.3 is 5.97 Å². The van der Waals surface area contributed by atoms with Crippen molar-refractivity contribution in [2.45, 2.75) is 20.3 Å². The van der Waals surface area contributed by atoms with Gasteiger partial charge in [-0.1, -0.05) is 6.92 Å². The van der Waals surface area contributed by atoms with Gasteiger partial charge in [-0.05, 0) is 32.4 Å². The van der Waals surface area contributed by atoms with Crippen molar-refractivity contribution in [1.29, 1.82) is 0 Å². The fourth-order valence-electron chi connectivity index (χ4n) is 1.61. The third-order valence-corrected chi connectivity index (χ3v) is 2.37. The normalized spacial score (nSPS) is 27.5. The lowest BCUT2D eigenvalue weighted by atomic mass is 9.88. The number of esters is 1. The number of carbonyl (C=O) groups is 1. The summed E-state index contributed by atoms with van der Waals surface area (Å²) < 4.78 is 4.99. The van der Waals surface area contributed by atoms with Gasteiger partial charge in [0, 0.05) is 0 Å². The van der Waals surface area contributed by atoms with Crippen LogP contribution in [-0.2, 0) is 9.53 Å². The highest BCUT2D eigenvalue weighted by atomic mass is 35.5. The van der Waals surface area contributed by atoms with Crippen molar-refractivity contribution >= 4 is 18.4 Å². The molecule has 0 aromatic rings. The summed E-state index contributed by atoms with van der Waals surface area (Å²) in [6, 6.07) is 0. The molecular weight excluding hydrogens is 190 g/mol. The monoisotopic (exact) mass is 207 g/mol. The Balaban J connectivity index is 0.00000144. The van der Waals surface area contributed by atoms with Crippen LogP contribution in [0.4, 0.5) is 0 Å². The molecule has 0 spiro atoms. The van der Waals surface area contributed by atoms with Crippen molar-refractivity contribution in [2.24, 2.45) is 11.8 Å². The summed E-state index contributed by atoms with van der Waals surface area (Å²) in [5.74, 6) is 0.510. The number of halogens is 1. The van der Waals surface area contributed by atoms with Crippen LogP contribution in [0.1, 0.15) is 20.3 Å². The molecule has 78 valence electrons. The maximum atomic E-state index is 11.4. The van der Waals surface area contributed by atoms with Gasteiger partial charge < -0.3 is 10.1 Å². The minimum Gasteiger partial charge on any atom is -0.466 e. The average Bonchev–Trinajstić information content (AvgIpc) is 2.05. The fourth-order valence-corrected chi connectivity index (χ4v) is 1.61. The predicted octanol–water partition coefficient (Wildman–Crippen LogP) is 1.22. The molecule has 0 aromatic heterocycles. The lowest BCUT2D eigenvalue weighted by Gasteiger charge is -2.27. The van der Waals surface area contributed by atoms with Gasteiger partial charge in [0.15, 0.2) is 0 Å². The number of nitrogens with one attached hydrogen (secondary N) is 1. The lowest BCUT2D eigenvalue weighted by molar-refractivity contribution is -0.150. The Hall–Kier alpha value is -0.280. The molecule has 1 aliphatic rings. The molecule has 3 nitrogen and oxygen atoms in total. The van der Waals surface area contributed by atoms with Crippen LogP contribution in [0.25, 0.3) is 0 Å². The zero-order valence-electron chi connectivity index (χ0n) is 8.21. The molecule has 2 atom stereocenters. The van der Waals surface area contributed by atoms with E-state index in [4.69, 9.17) is 4.74 Å². The second-order valence-electron chi connectivity index (χ2n) is 3.33. The van der Waals surface area contributed by atoms with E-state index < -0.39 is 0 Å². The predicted molar refractivity (Wildman–Crippen MR) is 54.0 cm³/mol. The summed E-state index contributed by atoms with van der Waals surface area (Å²) in [4.78, 5) is 11.4. The minimum atomic E-state index is -0.0218. The maximum absolute atomic E-state index is 11.4. The van der Waals surface area contributed by atoms with Crippen LogP contribution < -0.4 is 5.32 Å². The lowest BCUT2D eigenvalue weighted by Crippen LogP contribution is -2.39. The Morgan fingerprint density at radius 1 is 1.62 bits per heavy atom. The topological polar surface area (TPSA) is 38.3 Å². The highest BCUT2D eigenvalue weighted by Gasteiger charge is 2.28. The van der Waals surface area contributed by atoms with Crippen LogP contribution in [0.15, 0.2) is 0 Å². The second-order valence-corrected chi connectivity index (χ2v) is 3.33. The molecule has 1 rings (SSSR count). The van der Waals surface area contributed by atoms with Crippen LogP contribution >= 0.6 is 12.4 Å². The van der Waals surface area contributed by atoms with E-state index in [2.05, 4.69) is 12.2 Å². The summed E-state index contributed by atoms with van der Waals surface area (Å²) >= 11 is 0. The molecule has 1 saturated heterocycles.